The first-order chi connectivity index (χ1) is 1.73. The Morgan fingerprint density at radius 3 is 1.80 bits per heavy atom. The van der Waals surface area contributed by atoms with Crippen LogP contribution >= 0.6 is 8.03 Å². The van der Waals surface area contributed by atoms with E-state index in [0.29, 0.717) is 0 Å². The van der Waals surface area contributed by atoms with Crippen molar-refractivity contribution in [3.8, 4) is 0 Å². The predicted molar refractivity (Wildman–Crippen MR) is 17.1 cm³/mol. The molecule has 0 aliphatic heterocycles. The van der Waals surface area contributed by atoms with E-state index in [1.165, 1.54) is 6.66 Å². The standard InChI is InChI=1S/CH5O2P.Zn/c1-4(2)3;/h4H,1H3,(H,2,3);. The molecule has 0 saturated carbocycles. The van der Waals surface area contributed by atoms with Crippen molar-refractivity contribution in [2.75, 3.05) is 6.66 Å². The van der Waals surface area contributed by atoms with E-state index in [4.69, 9.17) is 4.89 Å². The van der Waals surface area contributed by atoms with Gasteiger partial charge in [-0.25, -0.2) is 0 Å². The van der Waals surface area contributed by atoms with Crippen LogP contribution in [0.4, 0.5) is 0 Å². The van der Waals surface area contributed by atoms with E-state index in [1.807, 2.05) is 0 Å². The van der Waals surface area contributed by atoms with E-state index < -0.39 is 8.03 Å². The van der Waals surface area contributed by atoms with E-state index in [0.717, 1.165) is 0 Å². The van der Waals surface area contributed by atoms with Crippen LogP contribution < -0.4 is 0 Å². The monoisotopic (exact) mass is 144 g/mol. The van der Waals surface area contributed by atoms with Crippen molar-refractivity contribution in [3.63, 3.8) is 0 Å². The molecule has 0 aliphatic rings. The molecule has 0 heterocycles. The van der Waals surface area contributed by atoms with E-state index in [-0.39, 0.29) is 19.5 Å². The maximum absolute atomic E-state index is 9.19. The molecule has 0 fully saturated rings. The Bertz CT molecular complexity index is 32.6. The first-order valence-electron chi connectivity index (χ1n) is 0.928. The molecular formula is CH5O2PZn. The molecule has 0 spiro atoms. The third-order valence-corrected chi connectivity index (χ3v) is 0. The molecule has 0 bridgehead atoms. The van der Waals surface area contributed by atoms with Crippen molar-refractivity contribution < 1.29 is 28.9 Å². The zero-order valence-corrected chi connectivity index (χ0v) is 7.03. The molecule has 0 radical (unpaired) electrons. The Labute approximate surface area is 44.2 Å². The Kier molecular flexibility index (Phi) is 8.92. The molecule has 1 atom stereocenters. The fourth-order valence-electron chi connectivity index (χ4n) is 0. The van der Waals surface area contributed by atoms with Gasteiger partial charge < -0.3 is 4.89 Å². The number of hydrogen-bond donors (Lipinski definition) is 1. The predicted octanol–water partition coefficient (Wildman–Crippen LogP) is 0.0807. The third kappa shape index (κ3) is 57.6. The second-order valence-corrected chi connectivity index (χ2v) is 1.56. The van der Waals surface area contributed by atoms with E-state index >= 15 is 0 Å². The van der Waals surface area contributed by atoms with Crippen LogP contribution in [0.2, 0.25) is 0 Å². The topological polar surface area (TPSA) is 37.3 Å². The van der Waals surface area contributed by atoms with E-state index in [9.17, 15) is 4.57 Å². The summed E-state index contributed by atoms with van der Waals surface area (Å²) < 4.78 is 9.19. The molecule has 0 aliphatic carbocycles. The van der Waals surface area contributed by atoms with Crippen LogP contribution in [0.15, 0.2) is 0 Å². The summed E-state index contributed by atoms with van der Waals surface area (Å²) in [5.41, 5.74) is 0. The van der Waals surface area contributed by atoms with Crippen LogP contribution in [0.3, 0.4) is 0 Å². The Hall–Kier alpha value is 0.813. The summed E-state index contributed by atoms with van der Waals surface area (Å²) in [4.78, 5) is 7.60. The molecule has 0 aromatic heterocycles. The third-order valence-electron chi connectivity index (χ3n) is 0. The van der Waals surface area contributed by atoms with Crippen molar-refractivity contribution >= 4 is 8.03 Å². The molecule has 1 N–H and O–H groups in total. The van der Waals surface area contributed by atoms with Crippen LogP contribution in [0, 0.1) is 0 Å². The molecule has 5 heavy (non-hydrogen) atoms. The molecule has 0 saturated heterocycles. The van der Waals surface area contributed by atoms with E-state index in [2.05, 4.69) is 0 Å². The quantitative estimate of drug-likeness (QED) is 0.387. The molecule has 0 aromatic rings. The van der Waals surface area contributed by atoms with Gasteiger partial charge in [0.1, 0.15) is 0 Å². The normalized spacial score (nSPS) is 12.4. The average molecular weight is 145 g/mol. The van der Waals surface area contributed by atoms with Gasteiger partial charge in [0.15, 0.2) is 8.03 Å². The minimum Gasteiger partial charge on any atom is -0.346 e. The summed E-state index contributed by atoms with van der Waals surface area (Å²) in [7, 11) is -2.13. The molecular weight excluding hydrogens is 140 g/mol. The number of hydrogen-bond acceptors (Lipinski definition) is 1. The summed E-state index contributed by atoms with van der Waals surface area (Å²) in [6.45, 7) is 1.27. The molecule has 0 amide bonds. The van der Waals surface area contributed by atoms with Crippen molar-refractivity contribution in [1.82, 2.24) is 0 Å². The zero-order valence-electron chi connectivity index (χ0n) is 3.06. The van der Waals surface area contributed by atoms with E-state index in [1.54, 1.807) is 0 Å². The summed E-state index contributed by atoms with van der Waals surface area (Å²) >= 11 is 0. The number of rotatable bonds is 0. The fraction of sp³-hybridized carbons (Fsp3) is 1.00. The maximum Gasteiger partial charge on any atom is 0.186 e. The Morgan fingerprint density at radius 1 is 1.80 bits per heavy atom. The summed E-state index contributed by atoms with van der Waals surface area (Å²) in [5, 5.41) is 0. The second-order valence-electron chi connectivity index (χ2n) is 0.519. The van der Waals surface area contributed by atoms with Gasteiger partial charge in [-0.1, -0.05) is 0 Å². The van der Waals surface area contributed by atoms with Gasteiger partial charge in [-0.15, -0.1) is 0 Å². The first kappa shape index (κ1) is 9.26. The van der Waals surface area contributed by atoms with Gasteiger partial charge in [-0.3, -0.25) is 4.57 Å². The van der Waals surface area contributed by atoms with Gasteiger partial charge in [0, 0.05) is 26.1 Å². The van der Waals surface area contributed by atoms with Crippen LogP contribution in [0.1, 0.15) is 0 Å². The van der Waals surface area contributed by atoms with Gasteiger partial charge >= 0.3 is 0 Å². The zero-order chi connectivity index (χ0) is 3.58. The minimum absolute atomic E-state index is 0. The largest absolute Gasteiger partial charge is 0.346 e. The van der Waals surface area contributed by atoms with Crippen LogP contribution in [0.5, 0.6) is 0 Å². The maximum atomic E-state index is 9.19. The van der Waals surface area contributed by atoms with Gasteiger partial charge in [0.05, 0.1) is 0 Å². The Balaban J connectivity index is 0. The summed E-state index contributed by atoms with van der Waals surface area (Å²) in [5.74, 6) is 0. The smallest absolute Gasteiger partial charge is 0.186 e. The molecule has 4 heteroatoms. The molecule has 1 unspecified atom stereocenters. The van der Waals surface area contributed by atoms with Gasteiger partial charge in [-0.2, -0.15) is 0 Å². The van der Waals surface area contributed by atoms with Gasteiger partial charge in [0.2, 0.25) is 0 Å². The minimum atomic E-state index is -2.13. The van der Waals surface area contributed by atoms with Gasteiger partial charge in [-0.05, 0) is 0 Å². The van der Waals surface area contributed by atoms with Crippen molar-refractivity contribution in [3.05, 3.63) is 0 Å². The fourth-order valence-corrected chi connectivity index (χ4v) is 0. The molecule has 0 aromatic carbocycles. The molecule has 2 nitrogen and oxygen atoms in total. The van der Waals surface area contributed by atoms with Crippen LogP contribution in [-0.4, -0.2) is 11.6 Å². The van der Waals surface area contributed by atoms with Crippen molar-refractivity contribution in [2.24, 2.45) is 0 Å². The SMILES string of the molecule is C[PH](=O)O.[Zn]. The first-order valence-corrected chi connectivity index (χ1v) is 2.78. The van der Waals surface area contributed by atoms with Gasteiger partial charge in [0.25, 0.3) is 0 Å². The summed E-state index contributed by atoms with van der Waals surface area (Å²) in [6.07, 6.45) is 0. The molecule has 0 rings (SSSR count). The van der Waals surface area contributed by atoms with Crippen molar-refractivity contribution in [2.45, 2.75) is 0 Å². The molecule has 28 valence electrons. The summed E-state index contributed by atoms with van der Waals surface area (Å²) in [6, 6.07) is 0. The Morgan fingerprint density at radius 2 is 1.80 bits per heavy atom. The van der Waals surface area contributed by atoms with Crippen LogP contribution in [0.25, 0.3) is 0 Å². The van der Waals surface area contributed by atoms with Crippen LogP contribution in [-0.2, 0) is 24.0 Å². The second kappa shape index (κ2) is 4.81. The van der Waals surface area contributed by atoms with Crippen molar-refractivity contribution in [1.29, 1.82) is 0 Å². The average Bonchev–Trinajstić information content (AvgIpc) is 0.811.